The third-order valence-corrected chi connectivity index (χ3v) is 5.60. The van der Waals surface area contributed by atoms with Gasteiger partial charge in [0.2, 0.25) is 0 Å². The number of amides is 1. The number of aromatic nitrogens is 1. The summed E-state index contributed by atoms with van der Waals surface area (Å²) in [6, 6.07) is 22.0. The van der Waals surface area contributed by atoms with Crippen LogP contribution in [-0.4, -0.2) is 10.9 Å². The fourth-order valence-electron chi connectivity index (χ4n) is 3.99. The zero-order valence-electron chi connectivity index (χ0n) is 18.0. The number of allylic oxidation sites excluding steroid dienone is 2. The molecule has 1 amide bonds. The first-order valence-electron chi connectivity index (χ1n) is 11.1. The standard InChI is InChI=1S/C28H28N2O/c1-2-3-4-5-6-7-13-22-19-18-21-12-8-9-16-24(21)26(22)28(31)30-25-17-10-14-23-15-11-20-29-27(23)25/h6-12,14-20H,2-5,13H2,1H3,(H,30,31). The molecule has 156 valence electrons. The fourth-order valence-corrected chi connectivity index (χ4v) is 3.99. The lowest BCUT2D eigenvalue weighted by atomic mass is 9.96. The Kier molecular flexibility index (Phi) is 6.73. The SMILES string of the molecule is CCCCCC=CCc1ccc2ccccc2c1C(=O)Nc1cccc2cccnc12. The van der Waals surface area contributed by atoms with Gasteiger partial charge in [-0.3, -0.25) is 9.78 Å². The van der Waals surface area contributed by atoms with Crippen molar-refractivity contribution in [1.82, 2.24) is 4.98 Å². The van der Waals surface area contributed by atoms with Crippen LogP contribution in [0.2, 0.25) is 0 Å². The van der Waals surface area contributed by atoms with Crippen LogP contribution in [0, 0.1) is 0 Å². The number of pyridine rings is 1. The minimum absolute atomic E-state index is 0.0932. The molecular weight excluding hydrogens is 380 g/mol. The van der Waals surface area contributed by atoms with Gasteiger partial charge < -0.3 is 5.32 Å². The van der Waals surface area contributed by atoms with Crippen LogP contribution in [0.1, 0.15) is 48.5 Å². The largest absolute Gasteiger partial charge is 0.320 e. The first kappa shape index (κ1) is 20.8. The summed E-state index contributed by atoms with van der Waals surface area (Å²) in [5, 5.41) is 6.18. The topological polar surface area (TPSA) is 42.0 Å². The Morgan fingerprint density at radius 2 is 1.74 bits per heavy atom. The van der Waals surface area contributed by atoms with E-state index in [1.165, 1.54) is 19.3 Å². The molecule has 0 atom stereocenters. The summed E-state index contributed by atoms with van der Waals surface area (Å²) in [7, 11) is 0. The van der Waals surface area contributed by atoms with Gasteiger partial charge in [-0.2, -0.15) is 0 Å². The Bertz CT molecular complexity index is 1220. The van der Waals surface area contributed by atoms with Crippen LogP contribution in [-0.2, 0) is 6.42 Å². The number of nitrogens with one attached hydrogen (secondary N) is 1. The maximum Gasteiger partial charge on any atom is 0.256 e. The van der Waals surface area contributed by atoms with Crippen LogP contribution in [0.5, 0.6) is 0 Å². The molecule has 3 aromatic carbocycles. The zero-order chi connectivity index (χ0) is 21.5. The van der Waals surface area contributed by atoms with E-state index in [1.807, 2.05) is 48.5 Å². The number of unbranched alkanes of at least 4 members (excludes halogenated alkanes) is 3. The Morgan fingerprint density at radius 3 is 2.65 bits per heavy atom. The maximum atomic E-state index is 13.5. The zero-order valence-corrected chi connectivity index (χ0v) is 18.0. The second-order valence-electron chi connectivity index (χ2n) is 7.83. The van der Waals surface area contributed by atoms with Crippen molar-refractivity contribution < 1.29 is 4.79 Å². The van der Waals surface area contributed by atoms with E-state index in [4.69, 9.17) is 0 Å². The molecular formula is C28H28N2O. The van der Waals surface area contributed by atoms with Crippen molar-refractivity contribution in [2.75, 3.05) is 5.32 Å². The van der Waals surface area contributed by atoms with Crippen molar-refractivity contribution in [2.45, 2.75) is 39.0 Å². The van der Waals surface area contributed by atoms with Crippen molar-refractivity contribution in [1.29, 1.82) is 0 Å². The summed E-state index contributed by atoms with van der Waals surface area (Å²) in [5.74, 6) is -0.0932. The lowest BCUT2D eigenvalue weighted by Crippen LogP contribution is -2.15. The van der Waals surface area contributed by atoms with Crippen molar-refractivity contribution in [3.05, 3.63) is 96.2 Å². The van der Waals surface area contributed by atoms with Gasteiger partial charge in [0.25, 0.3) is 5.91 Å². The Balaban J connectivity index is 1.66. The second kappa shape index (κ2) is 10.0. The molecule has 0 bridgehead atoms. The van der Waals surface area contributed by atoms with Gasteiger partial charge in [-0.25, -0.2) is 0 Å². The van der Waals surface area contributed by atoms with Crippen LogP contribution >= 0.6 is 0 Å². The molecule has 0 saturated heterocycles. The van der Waals surface area contributed by atoms with Crippen LogP contribution in [0.15, 0.2) is 85.1 Å². The number of anilines is 1. The van der Waals surface area contributed by atoms with Crippen molar-refractivity contribution >= 4 is 33.3 Å². The average Bonchev–Trinajstić information content (AvgIpc) is 2.81. The lowest BCUT2D eigenvalue weighted by molar-refractivity contribution is 0.102. The minimum Gasteiger partial charge on any atom is -0.320 e. The summed E-state index contributed by atoms with van der Waals surface area (Å²) < 4.78 is 0. The third-order valence-electron chi connectivity index (χ3n) is 5.60. The highest BCUT2D eigenvalue weighted by Crippen LogP contribution is 2.26. The Hall–Kier alpha value is -3.46. The second-order valence-corrected chi connectivity index (χ2v) is 7.83. The molecule has 4 aromatic rings. The summed E-state index contributed by atoms with van der Waals surface area (Å²) in [6.07, 6.45) is 11.7. The lowest BCUT2D eigenvalue weighted by Gasteiger charge is -2.13. The van der Waals surface area contributed by atoms with E-state index < -0.39 is 0 Å². The van der Waals surface area contributed by atoms with Gasteiger partial charge in [0, 0.05) is 11.6 Å². The van der Waals surface area contributed by atoms with Crippen molar-refractivity contribution in [3.8, 4) is 0 Å². The predicted octanol–water partition coefficient (Wildman–Crippen LogP) is 7.32. The fraction of sp³-hybridized carbons (Fsp3) is 0.214. The first-order valence-corrected chi connectivity index (χ1v) is 11.1. The molecule has 4 rings (SSSR count). The summed E-state index contributed by atoms with van der Waals surface area (Å²) >= 11 is 0. The number of para-hydroxylation sites is 1. The van der Waals surface area contributed by atoms with Crippen molar-refractivity contribution in [3.63, 3.8) is 0 Å². The van der Waals surface area contributed by atoms with Crippen LogP contribution in [0.25, 0.3) is 21.7 Å². The number of benzene rings is 3. The van der Waals surface area contributed by atoms with Gasteiger partial charge in [0.1, 0.15) is 0 Å². The third kappa shape index (κ3) is 4.83. The van der Waals surface area contributed by atoms with Gasteiger partial charge >= 0.3 is 0 Å². The number of fused-ring (bicyclic) bond motifs is 2. The highest BCUT2D eigenvalue weighted by Gasteiger charge is 2.16. The van der Waals surface area contributed by atoms with E-state index in [0.29, 0.717) is 0 Å². The molecule has 0 radical (unpaired) electrons. The summed E-state index contributed by atoms with van der Waals surface area (Å²) in [5.41, 5.74) is 3.31. The highest BCUT2D eigenvalue weighted by atomic mass is 16.1. The smallest absolute Gasteiger partial charge is 0.256 e. The van der Waals surface area contributed by atoms with Gasteiger partial charge in [0.15, 0.2) is 0 Å². The van der Waals surface area contributed by atoms with E-state index >= 15 is 0 Å². The normalized spacial score (nSPS) is 11.4. The number of rotatable bonds is 8. The van der Waals surface area contributed by atoms with Gasteiger partial charge in [-0.1, -0.05) is 86.5 Å². The van der Waals surface area contributed by atoms with Crippen LogP contribution in [0.3, 0.4) is 0 Å². The Labute approximate surface area is 183 Å². The molecule has 3 heteroatoms. The minimum atomic E-state index is -0.0932. The van der Waals surface area contributed by atoms with E-state index in [1.54, 1.807) is 6.20 Å². The van der Waals surface area contributed by atoms with E-state index in [-0.39, 0.29) is 5.91 Å². The quantitative estimate of drug-likeness (QED) is 0.245. The Morgan fingerprint density at radius 1 is 0.903 bits per heavy atom. The number of hydrogen-bond donors (Lipinski definition) is 1. The molecule has 0 aliphatic carbocycles. The predicted molar refractivity (Wildman–Crippen MR) is 131 cm³/mol. The van der Waals surface area contributed by atoms with E-state index in [0.717, 1.165) is 51.3 Å². The number of carbonyl (C=O) groups is 1. The maximum absolute atomic E-state index is 13.5. The number of nitrogens with zero attached hydrogens (tertiary/aromatic N) is 1. The number of carbonyl (C=O) groups excluding carboxylic acids is 1. The molecule has 0 spiro atoms. The van der Waals surface area contributed by atoms with E-state index in [2.05, 4.69) is 47.6 Å². The molecule has 1 aromatic heterocycles. The molecule has 0 aliphatic rings. The van der Waals surface area contributed by atoms with Crippen LogP contribution in [0.4, 0.5) is 5.69 Å². The molecule has 0 aliphatic heterocycles. The summed E-state index contributed by atoms with van der Waals surface area (Å²) in [4.78, 5) is 18.0. The van der Waals surface area contributed by atoms with Gasteiger partial charge in [0.05, 0.1) is 16.8 Å². The molecule has 0 saturated carbocycles. The molecule has 0 unspecified atom stereocenters. The van der Waals surface area contributed by atoms with Crippen molar-refractivity contribution in [2.24, 2.45) is 0 Å². The average molecular weight is 409 g/mol. The number of hydrogen-bond acceptors (Lipinski definition) is 2. The molecule has 1 heterocycles. The molecule has 3 nitrogen and oxygen atoms in total. The van der Waals surface area contributed by atoms with Crippen LogP contribution < -0.4 is 5.32 Å². The van der Waals surface area contributed by atoms with Gasteiger partial charge in [-0.15, -0.1) is 0 Å². The highest BCUT2D eigenvalue weighted by molar-refractivity contribution is 6.15. The molecule has 0 fully saturated rings. The van der Waals surface area contributed by atoms with E-state index in [9.17, 15) is 4.79 Å². The molecule has 1 N–H and O–H groups in total. The molecule has 31 heavy (non-hydrogen) atoms. The first-order chi connectivity index (χ1) is 15.3. The monoisotopic (exact) mass is 408 g/mol. The summed E-state index contributed by atoms with van der Waals surface area (Å²) in [6.45, 7) is 2.22. The van der Waals surface area contributed by atoms with Gasteiger partial charge in [-0.05, 0) is 47.7 Å².